The summed E-state index contributed by atoms with van der Waals surface area (Å²) in [6.07, 6.45) is -1.55. The number of aliphatic hydroxyl groups excluding tert-OH is 1. The molecular formula is C21H22ClFN4O4. The van der Waals surface area contributed by atoms with Crippen LogP contribution in [-0.4, -0.2) is 65.8 Å². The van der Waals surface area contributed by atoms with Gasteiger partial charge in [0.05, 0.1) is 48.3 Å². The molecule has 0 bridgehead atoms. The van der Waals surface area contributed by atoms with Gasteiger partial charge in [0.15, 0.2) is 0 Å². The number of nitrogens with one attached hydrogen (secondary N) is 2. The molecule has 1 unspecified atom stereocenters. The highest BCUT2D eigenvalue weighted by Gasteiger charge is 2.34. The largest absolute Gasteiger partial charge is 0.484 e. The Kier molecular flexibility index (Phi) is 5.83. The number of carbonyl (C=O) groups is 1. The number of hydrogen-bond acceptors (Lipinski definition) is 7. The Morgan fingerprint density at radius 3 is 2.84 bits per heavy atom. The lowest BCUT2D eigenvalue weighted by molar-refractivity contribution is 0.0686. The number of likely N-dealkylation sites (tertiary alicyclic amines) is 1. The van der Waals surface area contributed by atoms with Crippen molar-refractivity contribution in [3.8, 4) is 5.75 Å². The van der Waals surface area contributed by atoms with E-state index in [-0.39, 0.29) is 43.3 Å². The molecule has 0 aliphatic carbocycles. The van der Waals surface area contributed by atoms with Crippen molar-refractivity contribution in [2.75, 3.05) is 26.3 Å². The van der Waals surface area contributed by atoms with Crippen molar-refractivity contribution < 1.29 is 23.8 Å². The van der Waals surface area contributed by atoms with Gasteiger partial charge in [-0.25, -0.2) is 9.38 Å². The average molecular weight is 449 g/mol. The standard InChI is InChI=1S/C21H22ClFN4O4/c1-10-19(22)11(2)26-20(25-10)14-6-27(7-15(14)24)21(29)13-4-3-12(23)5-17(13)31-18-9-30-8-16(18)28/h3-5,16,18,24-25,28H,6-9H2,1-2H3/b20-14+,24-15?/t16-,18?/m0/s1. The van der Waals surface area contributed by atoms with E-state index in [9.17, 15) is 14.3 Å². The summed E-state index contributed by atoms with van der Waals surface area (Å²) in [7, 11) is 0. The molecule has 0 spiro atoms. The summed E-state index contributed by atoms with van der Waals surface area (Å²) in [6, 6.07) is 3.64. The van der Waals surface area contributed by atoms with Crippen molar-refractivity contribution in [3.63, 3.8) is 0 Å². The highest BCUT2D eigenvalue weighted by Crippen LogP contribution is 2.28. The highest BCUT2D eigenvalue weighted by atomic mass is 35.5. The van der Waals surface area contributed by atoms with E-state index in [1.165, 1.54) is 17.0 Å². The molecule has 1 aromatic rings. The van der Waals surface area contributed by atoms with E-state index in [2.05, 4.69) is 10.3 Å². The molecule has 31 heavy (non-hydrogen) atoms. The van der Waals surface area contributed by atoms with Crippen LogP contribution >= 0.6 is 11.6 Å². The molecule has 2 saturated heterocycles. The van der Waals surface area contributed by atoms with Crippen molar-refractivity contribution in [1.82, 2.24) is 10.2 Å². The Balaban J connectivity index is 1.59. The van der Waals surface area contributed by atoms with Gasteiger partial charge in [0.2, 0.25) is 0 Å². The number of aliphatic imine (C=N–C) groups is 1. The summed E-state index contributed by atoms with van der Waals surface area (Å²) in [4.78, 5) is 19.1. The zero-order chi connectivity index (χ0) is 22.3. The second-order valence-electron chi connectivity index (χ2n) is 7.63. The summed E-state index contributed by atoms with van der Waals surface area (Å²) < 4.78 is 24.7. The second kappa shape index (κ2) is 8.41. The number of nitrogens with zero attached hydrogens (tertiary/aromatic N) is 2. The number of allylic oxidation sites excluding steroid dienone is 2. The van der Waals surface area contributed by atoms with Gasteiger partial charge < -0.3 is 30.2 Å². The van der Waals surface area contributed by atoms with Crippen LogP contribution in [-0.2, 0) is 4.74 Å². The summed E-state index contributed by atoms with van der Waals surface area (Å²) in [6.45, 7) is 4.09. The van der Waals surface area contributed by atoms with Crippen molar-refractivity contribution in [1.29, 1.82) is 5.41 Å². The molecule has 1 aromatic carbocycles. The van der Waals surface area contributed by atoms with Gasteiger partial charge >= 0.3 is 0 Å². The van der Waals surface area contributed by atoms with Crippen molar-refractivity contribution in [2.45, 2.75) is 26.1 Å². The number of halogens is 2. The van der Waals surface area contributed by atoms with Crippen LogP contribution in [0.5, 0.6) is 5.75 Å². The Bertz CT molecular complexity index is 1050. The maximum atomic E-state index is 13.9. The van der Waals surface area contributed by atoms with Crippen molar-refractivity contribution in [2.24, 2.45) is 4.99 Å². The Hall–Kier alpha value is -2.75. The lowest BCUT2D eigenvalue weighted by Gasteiger charge is -2.21. The molecule has 0 radical (unpaired) electrons. The van der Waals surface area contributed by atoms with Gasteiger partial charge in [-0.3, -0.25) is 4.79 Å². The van der Waals surface area contributed by atoms with E-state index < -0.39 is 23.9 Å². The van der Waals surface area contributed by atoms with Crippen LogP contribution in [0.1, 0.15) is 24.2 Å². The second-order valence-corrected chi connectivity index (χ2v) is 8.01. The quantitative estimate of drug-likeness (QED) is 0.657. The third kappa shape index (κ3) is 4.21. The van der Waals surface area contributed by atoms with Crippen LogP contribution in [0.2, 0.25) is 0 Å². The van der Waals surface area contributed by atoms with Crippen molar-refractivity contribution >= 4 is 28.9 Å². The lowest BCUT2D eigenvalue weighted by atomic mass is 10.1. The molecule has 10 heteroatoms. The number of hydrogen-bond donors (Lipinski definition) is 3. The summed E-state index contributed by atoms with van der Waals surface area (Å²) in [5, 5.41) is 21.9. The first-order valence-corrected chi connectivity index (χ1v) is 10.1. The number of benzene rings is 1. The average Bonchev–Trinajstić information content (AvgIpc) is 3.31. The molecule has 3 aliphatic heterocycles. The van der Waals surface area contributed by atoms with Gasteiger partial charge in [-0.15, -0.1) is 0 Å². The van der Waals surface area contributed by atoms with Gasteiger partial charge in [-0.05, 0) is 26.0 Å². The monoisotopic (exact) mass is 448 g/mol. The van der Waals surface area contributed by atoms with E-state index in [1.807, 2.05) is 6.92 Å². The van der Waals surface area contributed by atoms with Gasteiger partial charge in [0, 0.05) is 17.3 Å². The highest BCUT2D eigenvalue weighted by molar-refractivity contribution is 6.43. The zero-order valence-electron chi connectivity index (χ0n) is 17.0. The molecule has 3 heterocycles. The zero-order valence-corrected chi connectivity index (χ0v) is 17.8. The van der Waals surface area contributed by atoms with Crippen LogP contribution in [0.4, 0.5) is 4.39 Å². The smallest absolute Gasteiger partial charge is 0.258 e. The fraction of sp³-hybridized carbons (Fsp3) is 0.381. The van der Waals surface area contributed by atoms with Gasteiger partial charge in [0.25, 0.3) is 5.91 Å². The number of ether oxygens (including phenoxy) is 2. The van der Waals surface area contributed by atoms with Crippen LogP contribution in [0, 0.1) is 11.2 Å². The first-order chi connectivity index (χ1) is 14.7. The third-order valence-corrected chi connectivity index (χ3v) is 5.88. The predicted molar refractivity (Wildman–Crippen MR) is 113 cm³/mol. The summed E-state index contributed by atoms with van der Waals surface area (Å²) in [5.74, 6) is -0.457. The number of rotatable bonds is 3. The maximum Gasteiger partial charge on any atom is 0.258 e. The number of amides is 1. The molecule has 4 rings (SSSR count). The number of carbonyl (C=O) groups excluding carboxylic acids is 1. The fourth-order valence-corrected chi connectivity index (χ4v) is 3.71. The lowest BCUT2D eigenvalue weighted by Crippen LogP contribution is -2.32. The first kappa shape index (κ1) is 21.5. The molecule has 0 aromatic heterocycles. The molecule has 3 N–H and O–H groups in total. The normalized spacial score (nSPS) is 26.3. The molecule has 3 aliphatic rings. The van der Waals surface area contributed by atoms with Gasteiger partial charge in [-0.1, -0.05) is 11.6 Å². The predicted octanol–water partition coefficient (Wildman–Crippen LogP) is 2.19. The van der Waals surface area contributed by atoms with Crippen molar-refractivity contribution in [3.05, 3.63) is 51.7 Å². The van der Waals surface area contributed by atoms with E-state index in [4.69, 9.17) is 26.5 Å². The van der Waals surface area contributed by atoms with Crippen LogP contribution in [0.25, 0.3) is 0 Å². The van der Waals surface area contributed by atoms with Gasteiger partial charge in [-0.2, -0.15) is 0 Å². The van der Waals surface area contributed by atoms with E-state index in [1.54, 1.807) is 6.92 Å². The summed E-state index contributed by atoms with van der Waals surface area (Å²) in [5.41, 5.74) is 2.34. The molecule has 2 atom stereocenters. The molecule has 1 amide bonds. The molecular weight excluding hydrogens is 427 g/mol. The Labute approximate surface area is 183 Å². The SMILES string of the molecule is CC1=N/C(=C2\CN(C(=O)c3ccc(F)cc3OC3COC[C@@H]3O)CC2=N)NC(C)=C1Cl. The minimum atomic E-state index is -0.857. The molecule has 8 nitrogen and oxygen atoms in total. The van der Waals surface area contributed by atoms with Crippen LogP contribution < -0.4 is 10.1 Å². The maximum absolute atomic E-state index is 13.9. The van der Waals surface area contributed by atoms with Crippen LogP contribution in [0.3, 0.4) is 0 Å². The van der Waals surface area contributed by atoms with Crippen LogP contribution in [0.15, 0.2) is 45.3 Å². The first-order valence-electron chi connectivity index (χ1n) is 9.76. The Morgan fingerprint density at radius 1 is 1.39 bits per heavy atom. The molecule has 2 fully saturated rings. The third-order valence-electron chi connectivity index (χ3n) is 5.32. The minimum absolute atomic E-state index is 0.0300. The van der Waals surface area contributed by atoms with E-state index in [0.29, 0.717) is 22.1 Å². The van der Waals surface area contributed by atoms with E-state index >= 15 is 0 Å². The van der Waals surface area contributed by atoms with Gasteiger partial charge in [0.1, 0.15) is 29.6 Å². The number of aliphatic hydroxyl groups is 1. The van der Waals surface area contributed by atoms with E-state index in [0.717, 1.165) is 11.8 Å². The molecule has 164 valence electrons. The fourth-order valence-electron chi connectivity index (χ4n) is 3.62. The molecule has 0 saturated carbocycles. The topological polar surface area (TPSA) is 107 Å². The minimum Gasteiger partial charge on any atom is -0.484 e. The summed E-state index contributed by atoms with van der Waals surface area (Å²) >= 11 is 6.17. The Morgan fingerprint density at radius 2 is 2.16 bits per heavy atom.